The summed E-state index contributed by atoms with van der Waals surface area (Å²) in [6, 6.07) is 0.229. The molecule has 0 spiro atoms. The molecule has 3 aromatic rings. The molecule has 0 unspecified atom stereocenters. The minimum absolute atomic E-state index is 0.0279. The van der Waals surface area contributed by atoms with Crippen LogP contribution in [0.3, 0.4) is 0 Å². The van der Waals surface area contributed by atoms with Crippen LogP contribution in [0.25, 0.3) is 11.0 Å². The topological polar surface area (TPSA) is 119 Å². The molecule has 0 radical (unpaired) electrons. The molecule has 2 aliphatic rings. The van der Waals surface area contributed by atoms with Gasteiger partial charge in [0.05, 0.1) is 47.7 Å². The molecule has 3 atom stereocenters. The maximum Gasteiger partial charge on any atom is 0.246 e. The molecule has 2 N–H and O–H groups in total. The zero-order valence-electron chi connectivity index (χ0n) is 18.7. The lowest BCUT2D eigenvalue weighted by atomic mass is 10.1. The summed E-state index contributed by atoms with van der Waals surface area (Å²) < 4.78 is 19.0. The lowest BCUT2D eigenvalue weighted by molar-refractivity contribution is -0.125. The average molecular weight is 488 g/mol. The standard InChI is InChI=1S/C22H26ClN7O4/c1-3-18(31)29-8-13(17(10-29)32-2)11-34-21-19-16(23)7-24-20(19)27-22(28-21)26-14-6-25-30(9-14)15-4-5-33-12-15/h3,6-7,9,13,15,17H,1,4-5,8,10-12H2,2H3,(H2,24,26,27,28)/t13-,15-,17+/m1/s1. The van der Waals surface area contributed by atoms with Gasteiger partial charge in [-0.1, -0.05) is 18.2 Å². The van der Waals surface area contributed by atoms with Gasteiger partial charge in [-0.3, -0.25) is 9.48 Å². The van der Waals surface area contributed by atoms with E-state index in [0.29, 0.717) is 54.2 Å². The number of H-pyrrole nitrogens is 1. The van der Waals surface area contributed by atoms with Crippen molar-refractivity contribution in [2.45, 2.75) is 18.6 Å². The largest absolute Gasteiger partial charge is 0.477 e. The molecular weight excluding hydrogens is 462 g/mol. The fourth-order valence-electron chi connectivity index (χ4n) is 4.35. The first-order valence-electron chi connectivity index (χ1n) is 11.1. The fraction of sp³-hybridized carbons (Fsp3) is 0.455. The van der Waals surface area contributed by atoms with Gasteiger partial charge in [0, 0.05) is 45.1 Å². The summed E-state index contributed by atoms with van der Waals surface area (Å²) in [6.45, 7) is 6.25. The summed E-state index contributed by atoms with van der Waals surface area (Å²) in [5, 5.41) is 8.67. The summed E-state index contributed by atoms with van der Waals surface area (Å²) in [5.41, 5.74) is 1.30. The summed E-state index contributed by atoms with van der Waals surface area (Å²) in [5.74, 6) is 0.541. The number of likely N-dealkylation sites (tertiary alicyclic amines) is 1. The van der Waals surface area contributed by atoms with Crippen LogP contribution in [0.4, 0.5) is 11.6 Å². The van der Waals surface area contributed by atoms with Gasteiger partial charge >= 0.3 is 0 Å². The molecule has 180 valence electrons. The third kappa shape index (κ3) is 4.46. The van der Waals surface area contributed by atoms with Crippen LogP contribution in [0.1, 0.15) is 12.5 Å². The molecule has 5 rings (SSSR count). The van der Waals surface area contributed by atoms with E-state index in [-0.39, 0.29) is 24.0 Å². The predicted octanol–water partition coefficient (Wildman–Crippen LogP) is 2.55. The summed E-state index contributed by atoms with van der Waals surface area (Å²) in [7, 11) is 1.63. The lowest BCUT2D eigenvalue weighted by Crippen LogP contribution is -2.28. The van der Waals surface area contributed by atoms with Crippen LogP contribution in [0.15, 0.2) is 31.2 Å². The molecule has 1 amide bonds. The Morgan fingerprint density at radius 3 is 3.09 bits per heavy atom. The SMILES string of the molecule is C=CC(=O)N1C[C@H](COc2nc(Nc3cnn([C@@H]4CCOC4)c3)nc3[nH]cc(Cl)c23)[C@@H](OC)C1. The highest BCUT2D eigenvalue weighted by molar-refractivity contribution is 6.35. The van der Waals surface area contributed by atoms with Gasteiger partial charge in [-0.15, -0.1) is 0 Å². The van der Waals surface area contributed by atoms with Gasteiger partial charge in [0.2, 0.25) is 17.7 Å². The molecule has 0 aliphatic carbocycles. The Labute approximate surface area is 201 Å². The van der Waals surface area contributed by atoms with E-state index >= 15 is 0 Å². The molecule has 3 aromatic heterocycles. The minimum atomic E-state index is -0.147. The number of nitrogens with one attached hydrogen (secondary N) is 2. The number of aromatic nitrogens is 5. The van der Waals surface area contributed by atoms with Crippen molar-refractivity contribution in [2.24, 2.45) is 5.92 Å². The van der Waals surface area contributed by atoms with Gasteiger partial charge in [0.1, 0.15) is 5.65 Å². The lowest BCUT2D eigenvalue weighted by Gasteiger charge is -2.17. The molecule has 5 heterocycles. The molecule has 0 aromatic carbocycles. The van der Waals surface area contributed by atoms with Gasteiger partial charge in [-0.05, 0) is 12.5 Å². The summed E-state index contributed by atoms with van der Waals surface area (Å²) in [4.78, 5) is 25.9. The van der Waals surface area contributed by atoms with Crippen molar-refractivity contribution in [3.05, 3.63) is 36.3 Å². The number of halogens is 1. The van der Waals surface area contributed by atoms with Gasteiger partial charge in [-0.25, -0.2) is 0 Å². The van der Waals surface area contributed by atoms with Crippen molar-refractivity contribution < 1.29 is 19.0 Å². The third-order valence-corrected chi connectivity index (χ3v) is 6.49. The van der Waals surface area contributed by atoms with Crippen LogP contribution in [-0.4, -0.2) is 81.7 Å². The second-order valence-electron chi connectivity index (χ2n) is 8.36. The van der Waals surface area contributed by atoms with Crippen LogP contribution >= 0.6 is 11.6 Å². The van der Waals surface area contributed by atoms with Crippen LogP contribution in [0, 0.1) is 5.92 Å². The van der Waals surface area contributed by atoms with Crippen molar-refractivity contribution in [3.63, 3.8) is 0 Å². The summed E-state index contributed by atoms with van der Waals surface area (Å²) >= 11 is 6.38. The smallest absolute Gasteiger partial charge is 0.246 e. The molecule has 0 bridgehead atoms. The first-order valence-corrected chi connectivity index (χ1v) is 11.4. The Morgan fingerprint density at radius 1 is 1.44 bits per heavy atom. The highest BCUT2D eigenvalue weighted by Crippen LogP contribution is 2.32. The second-order valence-corrected chi connectivity index (χ2v) is 8.76. The number of carbonyl (C=O) groups excluding carboxylic acids is 1. The Hall–Kier alpha value is -3.15. The number of fused-ring (bicyclic) bond motifs is 1. The number of carbonyl (C=O) groups is 1. The quantitative estimate of drug-likeness (QED) is 0.465. The number of anilines is 2. The van der Waals surface area contributed by atoms with Crippen LogP contribution in [0.2, 0.25) is 5.02 Å². The molecule has 11 nitrogen and oxygen atoms in total. The second kappa shape index (κ2) is 9.61. The van der Waals surface area contributed by atoms with E-state index in [1.165, 1.54) is 6.08 Å². The molecule has 2 saturated heterocycles. The maximum absolute atomic E-state index is 12.0. The van der Waals surface area contributed by atoms with Crippen molar-refractivity contribution >= 4 is 40.2 Å². The Kier molecular flexibility index (Phi) is 6.40. The van der Waals surface area contributed by atoms with Crippen LogP contribution in [0.5, 0.6) is 5.88 Å². The fourth-order valence-corrected chi connectivity index (χ4v) is 4.57. The molecule has 12 heteroatoms. The number of hydrogen-bond acceptors (Lipinski definition) is 8. The van der Waals surface area contributed by atoms with Crippen molar-refractivity contribution in [2.75, 3.05) is 45.3 Å². The minimum Gasteiger partial charge on any atom is -0.477 e. The van der Waals surface area contributed by atoms with E-state index in [1.807, 2.05) is 10.9 Å². The van der Waals surface area contributed by atoms with Crippen molar-refractivity contribution in [1.29, 1.82) is 0 Å². The number of methoxy groups -OCH3 is 1. The maximum atomic E-state index is 12.0. The van der Waals surface area contributed by atoms with Gasteiger partial charge in [0.25, 0.3) is 0 Å². The van der Waals surface area contributed by atoms with Gasteiger partial charge < -0.3 is 29.4 Å². The Morgan fingerprint density at radius 2 is 2.32 bits per heavy atom. The van der Waals surface area contributed by atoms with E-state index in [0.717, 1.165) is 18.7 Å². The number of aromatic amines is 1. The monoisotopic (exact) mass is 487 g/mol. The highest BCUT2D eigenvalue weighted by Gasteiger charge is 2.35. The van der Waals surface area contributed by atoms with Gasteiger partial charge in [0.15, 0.2) is 0 Å². The molecule has 0 saturated carbocycles. The normalized spacial score (nSPS) is 22.4. The molecule has 2 aliphatic heterocycles. The average Bonchev–Trinajstić information content (AvgIpc) is 3.64. The zero-order chi connectivity index (χ0) is 23.7. The third-order valence-electron chi connectivity index (χ3n) is 6.19. The van der Waals surface area contributed by atoms with E-state index in [9.17, 15) is 4.79 Å². The van der Waals surface area contributed by atoms with E-state index in [4.69, 9.17) is 25.8 Å². The number of rotatable bonds is 8. The van der Waals surface area contributed by atoms with Gasteiger partial charge in [-0.2, -0.15) is 15.1 Å². The Balaban J connectivity index is 1.34. The first kappa shape index (κ1) is 22.6. The number of hydrogen-bond donors (Lipinski definition) is 2. The molecule has 34 heavy (non-hydrogen) atoms. The molecule has 2 fully saturated rings. The van der Waals surface area contributed by atoms with E-state index < -0.39 is 0 Å². The van der Waals surface area contributed by atoms with E-state index in [2.05, 4.69) is 31.9 Å². The number of ether oxygens (including phenoxy) is 3. The first-order chi connectivity index (χ1) is 16.6. The molecular formula is C22H26ClN7O4. The van der Waals surface area contributed by atoms with Crippen LogP contribution in [-0.2, 0) is 14.3 Å². The van der Waals surface area contributed by atoms with Crippen molar-refractivity contribution in [3.8, 4) is 5.88 Å². The predicted molar refractivity (Wildman–Crippen MR) is 125 cm³/mol. The van der Waals surface area contributed by atoms with Crippen LogP contribution < -0.4 is 10.1 Å². The Bertz CT molecular complexity index is 1190. The van der Waals surface area contributed by atoms with Crippen molar-refractivity contribution in [1.82, 2.24) is 29.6 Å². The zero-order valence-corrected chi connectivity index (χ0v) is 19.5. The summed E-state index contributed by atoms with van der Waals surface area (Å²) in [6.07, 6.45) is 7.37. The number of nitrogens with zero attached hydrogens (tertiary/aromatic N) is 5. The van der Waals surface area contributed by atoms with E-state index in [1.54, 1.807) is 24.4 Å². The number of amides is 1. The highest BCUT2D eigenvalue weighted by atomic mass is 35.5.